The van der Waals surface area contributed by atoms with Gasteiger partial charge in [-0.05, 0) is 37.3 Å². The zero-order valence-corrected chi connectivity index (χ0v) is 9.75. The molecule has 0 bridgehead atoms. The number of hydrogen-bond acceptors (Lipinski definition) is 2. The Balaban J connectivity index is 1.93. The van der Waals surface area contributed by atoms with E-state index in [4.69, 9.17) is 0 Å². The van der Waals surface area contributed by atoms with Gasteiger partial charge < -0.3 is 5.32 Å². The summed E-state index contributed by atoms with van der Waals surface area (Å²) in [5.41, 5.74) is 0. The number of nitrogens with one attached hydrogen (secondary N) is 1. The van der Waals surface area contributed by atoms with Crippen LogP contribution >= 0.6 is 0 Å². The number of halogens is 1. The largest absolute Gasteiger partial charge is 0.367 e. The summed E-state index contributed by atoms with van der Waals surface area (Å²) in [6.45, 7) is 2.31. The normalized spacial score (nSPS) is 26.1. The average Bonchev–Trinajstić information content (AvgIpc) is 2.44. The number of pyridine rings is 1. The van der Waals surface area contributed by atoms with Gasteiger partial charge in [-0.1, -0.05) is 25.8 Å². The molecule has 1 heterocycles. The summed E-state index contributed by atoms with van der Waals surface area (Å²) >= 11 is 0. The Morgan fingerprint density at radius 2 is 2.12 bits per heavy atom. The van der Waals surface area contributed by atoms with Crippen molar-refractivity contribution < 1.29 is 4.39 Å². The Kier molecular flexibility index (Phi) is 3.75. The maximum absolute atomic E-state index is 12.9. The van der Waals surface area contributed by atoms with Crippen LogP contribution in [0.4, 0.5) is 10.2 Å². The van der Waals surface area contributed by atoms with Crippen molar-refractivity contribution in [2.45, 2.75) is 45.1 Å². The molecule has 1 fully saturated rings. The van der Waals surface area contributed by atoms with Crippen molar-refractivity contribution in [2.24, 2.45) is 5.92 Å². The molecule has 0 spiro atoms. The summed E-state index contributed by atoms with van der Waals surface area (Å²) in [6.07, 6.45) is 6.16. The second kappa shape index (κ2) is 5.28. The molecule has 1 N–H and O–H groups in total. The summed E-state index contributed by atoms with van der Waals surface area (Å²) in [6, 6.07) is 5.36. The lowest BCUT2D eigenvalue weighted by Gasteiger charge is -2.16. The van der Waals surface area contributed by atoms with Crippen molar-refractivity contribution >= 4 is 5.82 Å². The van der Waals surface area contributed by atoms with Crippen molar-refractivity contribution in [1.82, 2.24) is 4.98 Å². The monoisotopic (exact) mass is 222 g/mol. The van der Waals surface area contributed by atoms with E-state index in [0.717, 1.165) is 5.92 Å². The van der Waals surface area contributed by atoms with Crippen LogP contribution in [0.1, 0.15) is 39.0 Å². The third-order valence-electron chi connectivity index (χ3n) is 3.32. The molecule has 3 heteroatoms. The van der Waals surface area contributed by atoms with Crippen molar-refractivity contribution in [3.05, 3.63) is 24.1 Å². The molecule has 2 atom stereocenters. The summed E-state index contributed by atoms with van der Waals surface area (Å²) in [5.74, 6) is 1.08. The van der Waals surface area contributed by atoms with Crippen LogP contribution < -0.4 is 5.32 Å². The van der Waals surface area contributed by atoms with Gasteiger partial charge in [-0.3, -0.25) is 0 Å². The molecule has 2 nitrogen and oxygen atoms in total. The maximum Gasteiger partial charge on any atom is 0.214 e. The van der Waals surface area contributed by atoms with Crippen LogP contribution in [0.2, 0.25) is 0 Å². The molecule has 1 aromatic rings. The van der Waals surface area contributed by atoms with Crippen LogP contribution in [0.15, 0.2) is 18.2 Å². The van der Waals surface area contributed by atoms with E-state index < -0.39 is 5.95 Å². The molecular weight excluding hydrogens is 203 g/mol. The first-order chi connectivity index (χ1) is 7.74. The number of rotatable bonds is 2. The minimum atomic E-state index is -0.410. The Morgan fingerprint density at radius 3 is 2.94 bits per heavy atom. The smallest absolute Gasteiger partial charge is 0.214 e. The van der Waals surface area contributed by atoms with Gasteiger partial charge in [0, 0.05) is 6.04 Å². The molecule has 0 saturated heterocycles. The van der Waals surface area contributed by atoms with Gasteiger partial charge in [0.2, 0.25) is 5.95 Å². The van der Waals surface area contributed by atoms with Crippen molar-refractivity contribution in [1.29, 1.82) is 0 Å². The SMILES string of the molecule is CC1CCCC(Nc2cccc(F)n2)CC1. The first-order valence-electron chi connectivity index (χ1n) is 6.13. The second-order valence-electron chi connectivity index (χ2n) is 4.80. The van der Waals surface area contributed by atoms with E-state index in [0.29, 0.717) is 11.9 Å². The second-order valence-corrected chi connectivity index (χ2v) is 4.80. The van der Waals surface area contributed by atoms with E-state index in [-0.39, 0.29) is 0 Å². The van der Waals surface area contributed by atoms with Crippen LogP contribution in [0.5, 0.6) is 0 Å². The molecule has 16 heavy (non-hydrogen) atoms. The van der Waals surface area contributed by atoms with Gasteiger partial charge in [0.05, 0.1) is 0 Å². The molecule has 1 aliphatic rings. The van der Waals surface area contributed by atoms with Crippen LogP contribution in [0, 0.1) is 11.9 Å². The standard InChI is InChI=1S/C13H19FN2/c1-10-4-2-5-11(9-8-10)15-13-7-3-6-12(14)16-13/h3,6-7,10-11H,2,4-5,8-9H2,1H3,(H,15,16). The third kappa shape index (κ3) is 3.19. The number of aromatic nitrogens is 1. The van der Waals surface area contributed by atoms with Gasteiger partial charge in [0.25, 0.3) is 0 Å². The highest BCUT2D eigenvalue weighted by molar-refractivity contribution is 5.34. The lowest BCUT2D eigenvalue weighted by molar-refractivity contribution is 0.501. The summed E-state index contributed by atoms with van der Waals surface area (Å²) < 4.78 is 12.9. The minimum absolute atomic E-state index is 0.410. The zero-order chi connectivity index (χ0) is 11.4. The van der Waals surface area contributed by atoms with Crippen molar-refractivity contribution in [3.63, 3.8) is 0 Å². The lowest BCUT2D eigenvalue weighted by Crippen LogP contribution is -2.19. The van der Waals surface area contributed by atoms with E-state index in [1.54, 1.807) is 6.07 Å². The predicted octanol–water partition coefficient (Wildman–Crippen LogP) is 3.60. The molecule has 0 amide bonds. The Labute approximate surface area is 96.3 Å². The highest BCUT2D eigenvalue weighted by atomic mass is 19.1. The molecule has 1 aliphatic carbocycles. The highest BCUT2D eigenvalue weighted by Gasteiger charge is 2.16. The van der Waals surface area contributed by atoms with E-state index in [9.17, 15) is 4.39 Å². The van der Waals surface area contributed by atoms with E-state index in [1.807, 2.05) is 6.07 Å². The maximum atomic E-state index is 12.9. The van der Waals surface area contributed by atoms with Crippen molar-refractivity contribution in [3.8, 4) is 0 Å². The highest BCUT2D eigenvalue weighted by Crippen LogP contribution is 2.24. The molecule has 88 valence electrons. The van der Waals surface area contributed by atoms with Gasteiger partial charge in [-0.2, -0.15) is 4.39 Å². The van der Waals surface area contributed by atoms with Crippen LogP contribution in [0.3, 0.4) is 0 Å². The fourth-order valence-corrected chi connectivity index (χ4v) is 2.33. The molecule has 1 saturated carbocycles. The van der Waals surface area contributed by atoms with E-state index >= 15 is 0 Å². The lowest BCUT2D eigenvalue weighted by atomic mass is 10.0. The number of anilines is 1. The molecule has 2 rings (SSSR count). The van der Waals surface area contributed by atoms with Crippen molar-refractivity contribution in [2.75, 3.05) is 5.32 Å². The van der Waals surface area contributed by atoms with Gasteiger partial charge in [-0.25, -0.2) is 4.98 Å². The van der Waals surface area contributed by atoms with Gasteiger partial charge >= 0.3 is 0 Å². The summed E-state index contributed by atoms with van der Waals surface area (Å²) in [7, 11) is 0. The minimum Gasteiger partial charge on any atom is -0.367 e. The first-order valence-corrected chi connectivity index (χ1v) is 6.13. The van der Waals surface area contributed by atoms with Gasteiger partial charge in [0.15, 0.2) is 0 Å². The quantitative estimate of drug-likeness (QED) is 0.611. The molecule has 2 unspecified atom stereocenters. The topological polar surface area (TPSA) is 24.9 Å². The predicted molar refractivity (Wildman–Crippen MR) is 63.9 cm³/mol. The Morgan fingerprint density at radius 1 is 1.25 bits per heavy atom. The number of nitrogens with zero attached hydrogens (tertiary/aromatic N) is 1. The first kappa shape index (κ1) is 11.4. The molecule has 0 aromatic carbocycles. The zero-order valence-electron chi connectivity index (χ0n) is 9.75. The van der Waals surface area contributed by atoms with E-state index in [2.05, 4.69) is 17.2 Å². The number of hydrogen-bond donors (Lipinski definition) is 1. The van der Waals surface area contributed by atoms with E-state index in [1.165, 1.54) is 38.2 Å². The fraction of sp³-hybridized carbons (Fsp3) is 0.615. The molecular formula is C13H19FN2. The molecule has 1 aromatic heterocycles. The van der Waals surface area contributed by atoms with Gasteiger partial charge in [-0.15, -0.1) is 0 Å². The summed E-state index contributed by atoms with van der Waals surface area (Å²) in [5, 5.41) is 3.33. The Bertz CT molecular complexity index is 340. The summed E-state index contributed by atoms with van der Waals surface area (Å²) in [4.78, 5) is 3.84. The van der Waals surface area contributed by atoms with Crippen LogP contribution in [-0.2, 0) is 0 Å². The van der Waals surface area contributed by atoms with Crippen LogP contribution in [-0.4, -0.2) is 11.0 Å². The molecule has 0 aliphatic heterocycles. The fourth-order valence-electron chi connectivity index (χ4n) is 2.33. The molecule has 0 radical (unpaired) electrons. The Hall–Kier alpha value is -1.12. The average molecular weight is 222 g/mol. The third-order valence-corrected chi connectivity index (χ3v) is 3.32. The van der Waals surface area contributed by atoms with Gasteiger partial charge in [0.1, 0.15) is 5.82 Å². The van der Waals surface area contributed by atoms with Crippen LogP contribution in [0.25, 0.3) is 0 Å².